The molecule has 3 aromatic rings. The van der Waals surface area contributed by atoms with Gasteiger partial charge in [0.05, 0.1) is 18.7 Å². The fraction of sp³-hybridized carbons (Fsp3) is 0.174. The summed E-state index contributed by atoms with van der Waals surface area (Å²) in [5, 5.41) is 9.02. The fourth-order valence-electron chi connectivity index (χ4n) is 3.35. The van der Waals surface area contributed by atoms with Crippen LogP contribution in [0.5, 0.6) is 5.75 Å². The average Bonchev–Trinajstić information content (AvgIpc) is 2.83. The number of sulfonamides is 1. The van der Waals surface area contributed by atoms with Crippen LogP contribution in [0.15, 0.2) is 76.1 Å². The van der Waals surface area contributed by atoms with Crippen molar-refractivity contribution in [2.75, 3.05) is 7.11 Å². The second-order valence-corrected chi connectivity index (χ2v) is 12.0. The highest BCUT2D eigenvalue weighted by Gasteiger charge is 2.51. The third-order valence-corrected chi connectivity index (χ3v) is 8.67. The minimum absolute atomic E-state index is 0.107. The number of hydrogen-bond donors (Lipinski definition) is 2. The first-order valence-corrected chi connectivity index (χ1v) is 14.0. The van der Waals surface area contributed by atoms with Gasteiger partial charge in [-0.15, -0.1) is 0 Å². The number of alkyl halides is 2. The molecule has 0 aromatic heterocycles. The molecule has 0 unspecified atom stereocenters. The Kier molecular flexibility index (Phi) is 8.35. The van der Waals surface area contributed by atoms with Gasteiger partial charge in [0.2, 0.25) is 10.0 Å². The molecule has 0 heterocycles. The molecular weight excluding hydrogens is 581 g/mol. The van der Waals surface area contributed by atoms with Crippen molar-refractivity contribution in [3.63, 3.8) is 0 Å². The molecule has 13 heteroatoms. The molecule has 0 amide bonds. The van der Waals surface area contributed by atoms with Crippen molar-refractivity contribution in [1.29, 1.82) is 5.26 Å². The molecule has 0 bridgehead atoms. The van der Waals surface area contributed by atoms with E-state index in [0.717, 1.165) is 10.4 Å². The summed E-state index contributed by atoms with van der Waals surface area (Å²) in [6.45, 7) is -0.384. The van der Waals surface area contributed by atoms with Crippen molar-refractivity contribution in [3.05, 3.63) is 93.5 Å². The van der Waals surface area contributed by atoms with Gasteiger partial charge in [0.1, 0.15) is 10.6 Å². The van der Waals surface area contributed by atoms with Crippen LogP contribution < -0.4 is 4.74 Å². The molecule has 8 nitrogen and oxygen atoms in total. The zero-order chi connectivity index (χ0) is 26.7. The summed E-state index contributed by atoms with van der Waals surface area (Å²) in [4.78, 5) is 18.0. The number of nitriles is 1. The van der Waals surface area contributed by atoms with Crippen LogP contribution in [-0.4, -0.2) is 29.6 Å². The van der Waals surface area contributed by atoms with Crippen molar-refractivity contribution in [1.82, 2.24) is 4.31 Å². The van der Waals surface area contributed by atoms with Gasteiger partial charge in [0.15, 0.2) is 0 Å². The molecule has 0 aliphatic carbocycles. The number of methoxy groups -OCH3 is 1. The molecule has 3 rings (SSSR count). The Morgan fingerprint density at radius 2 is 1.64 bits per heavy atom. The van der Waals surface area contributed by atoms with Crippen LogP contribution in [0.3, 0.4) is 0 Å². The summed E-state index contributed by atoms with van der Waals surface area (Å²) in [6.07, 6.45) is 0. The Balaban J connectivity index is 2.05. The van der Waals surface area contributed by atoms with E-state index >= 15 is 0 Å². The highest BCUT2D eigenvalue weighted by atomic mass is 79.9. The van der Waals surface area contributed by atoms with E-state index in [-0.39, 0.29) is 33.8 Å². The minimum atomic E-state index is -5.80. The third-order valence-electron chi connectivity index (χ3n) is 5.21. The third kappa shape index (κ3) is 5.83. The number of halogens is 3. The molecule has 0 atom stereocenters. The molecule has 0 aliphatic rings. The molecule has 0 fully saturated rings. The molecular formula is C23H20BrF2N2O6PS. The molecule has 0 saturated carbocycles. The van der Waals surface area contributed by atoms with E-state index in [2.05, 4.69) is 15.9 Å². The van der Waals surface area contributed by atoms with Gasteiger partial charge in [0, 0.05) is 23.1 Å². The number of para-hydroxylation sites is 1. The topological polar surface area (TPSA) is 128 Å². The second-order valence-electron chi connectivity index (χ2n) is 7.63. The summed E-state index contributed by atoms with van der Waals surface area (Å²) >= 11 is 2.92. The number of rotatable bonds is 9. The Bertz CT molecular complexity index is 1460. The van der Waals surface area contributed by atoms with Crippen molar-refractivity contribution >= 4 is 33.5 Å². The van der Waals surface area contributed by atoms with Gasteiger partial charge in [-0.25, -0.2) is 8.42 Å². The van der Waals surface area contributed by atoms with E-state index in [1.54, 1.807) is 30.3 Å². The summed E-state index contributed by atoms with van der Waals surface area (Å²) in [7, 11) is -8.64. The summed E-state index contributed by atoms with van der Waals surface area (Å²) in [5.74, 6) is 0.111. The molecule has 36 heavy (non-hydrogen) atoms. The van der Waals surface area contributed by atoms with Crippen LogP contribution in [0.2, 0.25) is 0 Å². The van der Waals surface area contributed by atoms with Crippen molar-refractivity contribution < 1.29 is 36.3 Å². The van der Waals surface area contributed by atoms with Crippen LogP contribution >= 0.6 is 23.5 Å². The van der Waals surface area contributed by atoms with Crippen molar-refractivity contribution in [2.24, 2.45) is 0 Å². The summed E-state index contributed by atoms with van der Waals surface area (Å²) in [6, 6.07) is 17.5. The maximum atomic E-state index is 14.2. The smallest absolute Gasteiger partial charge is 0.399 e. The second kappa shape index (κ2) is 10.8. The predicted octanol–water partition coefficient (Wildman–Crippen LogP) is 4.95. The number of hydrogen-bond acceptors (Lipinski definition) is 5. The van der Waals surface area contributed by atoms with E-state index in [0.29, 0.717) is 11.1 Å². The summed E-state index contributed by atoms with van der Waals surface area (Å²) in [5.41, 5.74) is -4.12. The lowest BCUT2D eigenvalue weighted by atomic mass is 10.1. The average molecular weight is 601 g/mol. The maximum absolute atomic E-state index is 14.2. The SMILES string of the molecule is COc1ccccc1S(=O)(=O)N(Cc1ccc(C#N)cc1)Cc1ccc(C(F)(F)P(=O)(O)O)c(Br)c1. The van der Waals surface area contributed by atoms with E-state index in [4.69, 9.17) is 19.8 Å². The highest BCUT2D eigenvalue weighted by Crippen LogP contribution is 2.60. The zero-order valence-electron chi connectivity index (χ0n) is 18.7. The lowest BCUT2D eigenvalue weighted by Gasteiger charge is -2.24. The van der Waals surface area contributed by atoms with E-state index < -0.39 is 28.8 Å². The fourth-order valence-corrected chi connectivity index (χ4v) is 6.26. The van der Waals surface area contributed by atoms with Crippen LogP contribution in [-0.2, 0) is 33.3 Å². The number of benzene rings is 3. The van der Waals surface area contributed by atoms with Crippen molar-refractivity contribution in [3.8, 4) is 11.8 Å². The van der Waals surface area contributed by atoms with Gasteiger partial charge in [0.25, 0.3) is 0 Å². The Labute approximate surface area is 215 Å². The standard InChI is InChI=1S/C23H20BrF2N2O6PS/c1-34-21-4-2-3-5-22(21)36(32,33)28(14-17-8-6-16(13-27)7-9-17)15-18-10-11-19(20(24)12-18)23(25,26)35(29,30)31/h2-12H,14-15H2,1H3,(H2,29,30,31). The van der Waals surface area contributed by atoms with E-state index in [1.807, 2.05) is 6.07 Å². The Morgan fingerprint density at radius 3 is 2.19 bits per heavy atom. The Morgan fingerprint density at radius 1 is 1.06 bits per heavy atom. The molecule has 0 saturated heterocycles. The maximum Gasteiger partial charge on any atom is 0.399 e. The number of ether oxygens (including phenoxy) is 1. The van der Waals surface area contributed by atoms with Crippen LogP contribution in [0.4, 0.5) is 8.78 Å². The first-order valence-electron chi connectivity index (χ1n) is 10.2. The van der Waals surface area contributed by atoms with Crippen LogP contribution in [0.25, 0.3) is 0 Å². The lowest BCUT2D eigenvalue weighted by molar-refractivity contribution is 0.0557. The minimum Gasteiger partial charge on any atom is -0.495 e. The predicted molar refractivity (Wildman–Crippen MR) is 131 cm³/mol. The molecule has 0 spiro atoms. The normalized spacial score (nSPS) is 12.4. The van der Waals surface area contributed by atoms with Gasteiger partial charge in [-0.3, -0.25) is 4.57 Å². The van der Waals surface area contributed by atoms with Gasteiger partial charge >= 0.3 is 13.3 Å². The number of nitrogens with zero attached hydrogens (tertiary/aromatic N) is 2. The summed E-state index contributed by atoms with van der Waals surface area (Å²) < 4.78 is 73.0. The van der Waals surface area contributed by atoms with Gasteiger partial charge in [-0.1, -0.05) is 52.3 Å². The first-order chi connectivity index (χ1) is 16.8. The largest absolute Gasteiger partial charge is 0.495 e. The van der Waals surface area contributed by atoms with Gasteiger partial charge < -0.3 is 14.5 Å². The van der Waals surface area contributed by atoms with E-state index in [1.165, 1.54) is 37.4 Å². The molecule has 0 radical (unpaired) electrons. The molecule has 2 N–H and O–H groups in total. The zero-order valence-corrected chi connectivity index (χ0v) is 22.0. The highest BCUT2D eigenvalue weighted by molar-refractivity contribution is 9.10. The molecule has 190 valence electrons. The van der Waals surface area contributed by atoms with Crippen LogP contribution in [0, 0.1) is 11.3 Å². The van der Waals surface area contributed by atoms with E-state index in [9.17, 15) is 21.8 Å². The van der Waals surface area contributed by atoms with Crippen LogP contribution in [0.1, 0.15) is 22.3 Å². The van der Waals surface area contributed by atoms with Gasteiger partial charge in [-0.2, -0.15) is 18.3 Å². The van der Waals surface area contributed by atoms with Gasteiger partial charge in [-0.05, 0) is 41.5 Å². The van der Waals surface area contributed by atoms with Crippen molar-refractivity contribution in [2.45, 2.75) is 23.6 Å². The molecule has 0 aliphatic heterocycles. The monoisotopic (exact) mass is 600 g/mol. The molecule has 3 aromatic carbocycles. The quantitative estimate of drug-likeness (QED) is 0.333. The lowest BCUT2D eigenvalue weighted by Crippen LogP contribution is -2.30. The Hall–Kier alpha value is -2.65. The first kappa shape index (κ1) is 27.9.